The molecule has 0 unspecified atom stereocenters. The molecule has 27 heavy (non-hydrogen) atoms. The van der Waals surface area contributed by atoms with Gasteiger partial charge in [-0.15, -0.1) is 0 Å². The van der Waals surface area contributed by atoms with Crippen molar-refractivity contribution in [2.75, 3.05) is 36.0 Å². The van der Waals surface area contributed by atoms with Crippen molar-refractivity contribution >= 4 is 11.6 Å². The second-order valence-electron chi connectivity index (χ2n) is 7.92. The van der Waals surface area contributed by atoms with Crippen molar-refractivity contribution in [3.8, 4) is 0 Å². The summed E-state index contributed by atoms with van der Waals surface area (Å²) in [6, 6.07) is 0. The predicted octanol–water partition coefficient (Wildman–Crippen LogP) is 3.35. The van der Waals surface area contributed by atoms with Crippen LogP contribution in [0.5, 0.6) is 0 Å². The standard InChI is InChI=1S/C20H27FN6/c1-12(2)17-16(21)20(23-11-22-17)27-9-7-26(8-10-27)19-13(3)14(4)24-18(25-19)15-5-6-15/h11-12,15H,5-10H2,1-4H3. The number of aromatic nitrogens is 4. The summed E-state index contributed by atoms with van der Waals surface area (Å²) < 4.78 is 14.8. The van der Waals surface area contributed by atoms with Crippen molar-refractivity contribution in [3.63, 3.8) is 0 Å². The van der Waals surface area contributed by atoms with Crippen LogP contribution in [-0.2, 0) is 0 Å². The lowest BCUT2D eigenvalue weighted by Crippen LogP contribution is -2.48. The van der Waals surface area contributed by atoms with Gasteiger partial charge in [-0.3, -0.25) is 0 Å². The van der Waals surface area contributed by atoms with Crippen LogP contribution in [-0.4, -0.2) is 46.1 Å². The predicted molar refractivity (Wildman–Crippen MR) is 104 cm³/mol. The van der Waals surface area contributed by atoms with Crippen molar-refractivity contribution in [2.24, 2.45) is 0 Å². The molecule has 0 bridgehead atoms. The van der Waals surface area contributed by atoms with Crippen LogP contribution in [0.1, 0.15) is 61.3 Å². The fraction of sp³-hybridized carbons (Fsp3) is 0.600. The SMILES string of the molecule is Cc1nc(C2CC2)nc(N2CCN(c3ncnc(C(C)C)c3F)CC2)c1C. The maximum atomic E-state index is 14.8. The van der Waals surface area contributed by atoms with E-state index < -0.39 is 0 Å². The van der Waals surface area contributed by atoms with E-state index in [4.69, 9.17) is 4.98 Å². The Hall–Kier alpha value is -2.31. The van der Waals surface area contributed by atoms with Gasteiger partial charge in [0.25, 0.3) is 0 Å². The summed E-state index contributed by atoms with van der Waals surface area (Å²) in [5.74, 6) is 2.73. The third kappa shape index (κ3) is 3.47. The third-order valence-corrected chi connectivity index (χ3v) is 5.55. The minimum Gasteiger partial charge on any atom is -0.353 e. The second kappa shape index (κ2) is 7.02. The lowest BCUT2D eigenvalue weighted by atomic mass is 10.1. The maximum absolute atomic E-state index is 14.8. The van der Waals surface area contributed by atoms with Crippen molar-refractivity contribution in [1.82, 2.24) is 19.9 Å². The minimum atomic E-state index is -0.286. The van der Waals surface area contributed by atoms with E-state index in [-0.39, 0.29) is 11.7 Å². The highest BCUT2D eigenvalue weighted by Crippen LogP contribution is 2.39. The molecule has 2 aromatic heterocycles. The molecule has 3 heterocycles. The summed E-state index contributed by atoms with van der Waals surface area (Å²) in [4.78, 5) is 22.2. The first kappa shape index (κ1) is 18.1. The van der Waals surface area contributed by atoms with Crippen LogP contribution in [0.4, 0.5) is 16.0 Å². The van der Waals surface area contributed by atoms with Gasteiger partial charge in [-0.05, 0) is 32.6 Å². The summed E-state index contributed by atoms with van der Waals surface area (Å²) in [6.07, 6.45) is 3.86. The molecule has 0 radical (unpaired) electrons. The summed E-state index contributed by atoms with van der Waals surface area (Å²) in [5.41, 5.74) is 2.69. The molecule has 1 aliphatic carbocycles. The molecule has 0 N–H and O–H groups in total. The van der Waals surface area contributed by atoms with Crippen LogP contribution in [0.15, 0.2) is 6.33 Å². The molecule has 6 nitrogen and oxygen atoms in total. The molecule has 1 saturated heterocycles. The summed E-state index contributed by atoms with van der Waals surface area (Å²) in [6.45, 7) is 11.1. The van der Waals surface area contributed by atoms with Gasteiger partial charge in [0, 0.05) is 43.4 Å². The zero-order chi connectivity index (χ0) is 19.1. The van der Waals surface area contributed by atoms with Gasteiger partial charge in [0.15, 0.2) is 11.6 Å². The van der Waals surface area contributed by atoms with E-state index in [1.165, 1.54) is 19.2 Å². The molecular formula is C20H27FN6. The van der Waals surface area contributed by atoms with E-state index in [2.05, 4.69) is 33.7 Å². The van der Waals surface area contributed by atoms with Crippen molar-refractivity contribution in [2.45, 2.75) is 52.4 Å². The fourth-order valence-corrected chi connectivity index (χ4v) is 3.59. The molecule has 1 aliphatic heterocycles. The minimum absolute atomic E-state index is 0.0422. The molecule has 7 heteroatoms. The topological polar surface area (TPSA) is 58.0 Å². The molecule has 1 saturated carbocycles. The van der Waals surface area contributed by atoms with E-state index in [0.717, 1.165) is 36.0 Å². The fourth-order valence-electron chi connectivity index (χ4n) is 3.59. The zero-order valence-electron chi connectivity index (χ0n) is 16.5. The van der Waals surface area contributed by atoms with Crippen molar-refractivity contribution in [1.29, 1.82) is 0 Å². The van der Waals surface area contributed by atoms with Gasteiger partial charge in [-0.2, -0.15) is 0 Å². The molecule has 144 valence electrons. The Morgan fingerprint density at radius 1 is 0.963 bits per heavy atom. The number of rotatable bonds is 4. The van der Waals surface area contributed by atoms with E-state index in [9.17, 15) is 4.39 Å². The number of nitrogens with zero attached hydrogens (tertiary/aromatic N) is 6. The van der Waals surface area contributed by atoms with Crippen LogP contribution in [0, 0.1) is 19.7 Å². The number of hydrogen-bond donors (Lipinski definition) is 0. The van der Waals surface area contributed by atoms with Gasteiger partial charge in [-0.25, -0.2) is 24.3 Å². The van der Waals surface area contributed by atoms with Crippen LogP contribution in [0.3, 0.4) is 0 Å². The number of aryl methyl sites for hydroxylation is 1. The van der Waals surface area contributed by atoms with Gasteiger partial charge < -0.3 is 9.80 Å². The lowest BCUT2D eigenvalue weighted by molar-refractivity contribution is 0.555. The second-order valence-corrected chi connectivity index (χ2v) is 7.92. The van der Waals surface area contributed by atoms with E-state index in [0.29, 0.717) is 30.5 Å². The third-order valence-electron chi connectivity index (χ3n) is 5.55. The zero-order valence-corrected chi connectivity index (χ0v) is 16.5. The molecule has 4 rings (SSSR count). The van der Waals surface area contributed by atoms with E-state index >= 15 is 0 Å². The summed E-state index contributed by atoms with van der Waals surface area (Å²) in [5, 5.41) is 0. The first-order chi connectivity index (χ1) is 13.0. The Morgan fingerprint density at radius 3 is 2.19 bits per heavy atom. The average Bonchev–Trinajstić information content (AvgIpc) is 3.49. The van der Waals surface area contributed by atoms with Crippen molar-refractivity contribution < 1.29 is 4.39 Å². The van der Waals surface area contributed by atoms with E-state index in [1.807, 2.05) is 18.7 Å². The Bertz CT molecular complexity index is 841. The first-order valence-electron chi connectivity index (χ1n) is 9.81. The maximum Gasteiger partial charge on any atom is 0.187 e. The quantitative estimate of drug-likeness (QED) is 0.823. The molecule has 2 aliphatic rings. The number of halogens is 1. The lowest BCUT2D eigenvalue weighted by Gasteiger charge is -2.37. The van der Waals surface area contributed by atoms with Gasteiger partial charge in [0.05, 0.1) is 5.69 Å². The number of anilines is 2. The molecule has 2 fully saturated rings. The first-order valence-corrected chi connectivity index (χ1v) is 9.81. The highest BCUT2D eigenvalue weighted by molar-refractivity contribution is 5.51. The monoisotopic (exact) mass is 370 g/mol. The molecule has 0 aromatic carbocycles. The summed E-state index contributed by atoms with van der Waals surface area (Å²) >= 11 is 0. The smallest absolute Gasteiger partial charge is 0.187 e. The van der Waals surface area contributed by atoms with E-state index in [1.54, 1.807) is 0 Å². The molecule has 0 atom stereocenters. The van der Waals surface area contributed by atoms with Crippen LogP contribution >= 0.6 is 0 Å². The van der Waals surface area contributed by atoms with Crippen LogP contribution in [0.2, 0.25) is 0 Å². The Balaban J connectivity index is 1.52. The summed E-state index contributed by atoms with van der Waals surface area (Å²) in [7, 11) is 0. The Kier molecular flexibility index (Phi) is 4.70. The van der Waals surface area contributed by atoms with Gasteiger partial charge in [0.1, 0.15) is 18.0 Å². The van der Waals surface area contributed by atoms with Gasteiger partial charge >= 0.3 is 0 Å². The molecular weight excluding hydrogens is 343 g/mol. The molecule has 0 spiro atoms. The largest absolute Gasteiger partial charge is 0.353 e. The average molecular weight is 370 g/mol. The van der Waals surface area contributed by atoms with Crippen molar-refractivity contribution in [3.05, 3.63) is 34.9 Å². The highest BCUT2D eigenvalue weighted by atomic mass is 19.1. The van der Waals surface area contributed by atoms with Gasteiger partial charge in [-0.1, -0.05) is 13.8 Å². The normalized spacial score (nSPS) is 17.7. The van der Waals surface area contributed by atoms with Crippen LogP contribution in [0.25, 0.3) is 0 Å². The van der Waals surface area contributed by atoms with Gasteiger partial charge in [0.2, 0.25) is 0 Å². The van der Waals surface area contributed by atoms with Crippen LogP contribution < -0.4 is 9.80 Å². The highest BCUT2D eigenvalue weighted by Gasteiger charge is 2.30. The Labute approximate surface area is 159 Å². The Morgan fingerprint density at radius 2 is 1.59 bits per heavy atom. The molecule has 2 aromatic rings. The number of piperazine rings is 1. The number of hydrogen-bond acceptors (Lipinski definition) is 6. The molecule has 0 amide bonds.